The molecule has 1 spiro atoms. The fourth-order valence-electron chi connectivity index (χ4n) is 3.81. The molecule has 6 nitrogen and oxygen atoms in total. The molecule has 25 heavy (non-hydrogen) atoms. The number of imide groups is 1. The molecule has 6 heteroatoms. The number of aliphatic hydroxyl groups excluding tert-OH is 1. The maximum Gasteiger partial charge on any atom is 0.325 e. The summed E-state index contributed by atoms with van der Waals surface area (Å²) >= 11 is 0. The Morgan fingerprint density at radius 1 is 1.32 bits per heavy atom. The summed E-state index contributed by atoms with van der Waals surface area (Å²) in [6, 6.07) is 9.26. The minimum atomic E-state index is -0.896. The van der Waals surface area contributed by atoms with Gasteiger partial charge >= 0.3 is 6.03 Å². The van der Waals surface area contributed by atoms with E-state index in [9.17, 15) is 14.7 Å². The summed E-state index contributed by atoms with van der Waals surface area (Å²) in [5.74, 6) is -0.0824. The number of aliphatic hydroxyl groups is 1. The molecular weight excluding hydrogens is 320 g/mol. The van der Waals surface area contributed by atoms with Gasteiger partial charge < -0.3 is 15.2 Å². The Balaban J connectivity index is 1.53. The van der Waals surface area contributed by atoms with Crippen molar-refractivity contribution in [2.45, 2.75) is 50.9 Å². The molecule has 3 amide bonds. The molecule has 1 aromatic carbocycles. The number of carbonyl (C=O) groups is 2. The predicted molar refractivity (Wildman–Crippen MR) is 92.7 cm³/mol. The number of nitrogens with zero attached hydrogens (tertiary/aromatic N) is 1. The van der Waals surface area contributed by atoms with Gasteiger partial charge in [0.05, 0.1) is 25.9 Å². The van der Waals surface area contributed by atoms with Gasteiger partial charge in [-0.15, -0.1) is 0 Å². The molecule has 1 saturated heterocycles. The number of β-amino-alcohol motifs (C(OH)–C–C–N with tert-alkyl or cyclic N) is 1. The van der Waals surface area contributed by atoms with E-state index in [4.69, 9.17) is 4.74 Å². The average Bonchev–Trinajstić information content (AvgIpc) is 2.84. The van der Waals surface area contributed by atoms with Crippen LogP contribution in [0.25, 0.3) is 0 Å². The predicted octanol–water partition coefficient (Wildman–Crippen LogP) is 2.06. The van der Waals surface area contributed by atoms with Crippen LogP contribution in [-0.2, 0) is 16.1 Å². The van der Waals surface area contributed by atoms with Gasteiger partial charge in [-0.3, -0.25) is 9.69 Å². The van der Waals surface area contributed by atoms with E-state index in [-0.39, 0.29) is 25.0 Å². The third-order valence-corrected chi connectivity index (χ3v) is 5.32. The van der Waals surface area contributed by atoms with Gasteiger partial charge in [0.1, 0.15) is 5.54 Å². The van der Waals surface area contributed by atoms with Gasteiger partial charge in [0.2, 0.25) is 0 Å². The second-order valence-electron chi connectivity index (χ2n) is 7.12. The first-order valence-electron chi connectivity index (χ1n) is 8.97. The lowest BCUT2D eigenvalue weighted by Gasteiger charge is -2.36. The molecule has 3 rings (SSSR count). The summed E-state index contributed by atoms with van der Waals surface area (Å²) in [4.78, 5) is 26.3. The average molecular weight is 346 g/mol. The minimum absolute atomic E-state index is 0.0338. The van der Waals surface area contributed by atoms with Crippen LogP contribution in [0.1, 0.15) is 38.2 Å². The van der Waals surface area contributed by atoms with E-state index in [2.05, 4.69) is 5.32 Å². The van der Waals surface area contributed by atoms with E-state index in [1.54, 1.807) is 0 Å². The molecule has 2 N–H and O–H groups in total. The highest BCUT2D eigenvalue weighted by molar-refractivity contribution is 6.07. The summed E-state index contributed by atoms with van der Waals surface area (Å²) in [6.07, 6.45) is 2.74. The number of carbonyl (C=O) groups excluding carboxylic acids is 2. The van der Waals surface area contributed by atoms with Crippen LogP contribution in [-0.4, -0.2) is 46.7 Å². The number of hydrogen-bond donors (Lipinski definition) is 2. The molecule has 1 heterocycles. The molecule has 0 bridgehead atoms. The maximum absolute atomic E-state index is 12.8. The third kappa shape index (κ3) is 3.70. The van der Waals surface area contributed by atoms with Gasteiger partial charge in [-0.25, -0.2) is 4.79 Å². The summed E-state index contributed by atoms with van der Waals surface area (Å²) in [5.41, 5.74) is 0.236. The van der Waals surface area contributed by atoms with Crippen LogP contribution in [0.4, 0.5) is 4.79 Å². The Morgan fingerprint density at radius 3 is 2.80 bits per heavy atom. The number of rotatable bonds is 6. The molecule has 2 fully saturated rings. The highest BCUT2D eigenvalue weighted by Gasteiger charge is 2.54. The van der Waals surface area contributed by atoms with Crippen molar-refractivity contribution in [1.82, 2.24) is 10.2 Å². The summed E-state index contributed by atoms with van der Waals surface area (Å²) in [6.45, 7) is 2.45. The standard InChI is InChI=1S/C19H26N2O4/c1-14-7-5-6-10-19(14)17(23)21(18(24)20-19)11-16(22)13-25-12-15-8-3-2-4-9-15/h2-4,8-9,14,16,22H,5-7,10-13H2,1H3,(H,20,24)/t14-,16-,19+/m1/s1. The molecule has 1 aromatic rings. The van der Waals surface area contributed by atoms with E-state index in [1.165, 1.54) is 0 Å². The lowest BCUT2D eigenvalue weighted by atomic mass is 9.73. The van der Waals surface area contributed by atoms with Crippen LogP contribution in [0.2, 0.25) is 0 Å². The largest absolute Gasteiger partial charge is 0.389 e. The zero-order valence-corrected chi connectivity index (χ0v) is 14.6. The SMILES string of the molecule is C[C@@H]1CCCC[C@]12NC(=O)N(C[C@@H](O)COCc1ccccc1)C2=O. The summed E-state index contributed by atoms with van der Waals surface area (Å²) in [7, 11) is 0. The van der Waals surface area contributed by atoms with Crippen molar-refractivity contribution in [2.75, 3.05) is 13.2 Å². The van der Waals surface area contributed by atoms with Crippen LogP contribution >= 0.6 is 0 Å². The molecule has 1 aliphatic heterocycles. The van der Waals surface area contributed by atoms with Crippen LogP contribution in [0.5, 0.6) is 0 Å². The molecule has 3 atom stereocenters. The monoisotopic (exact) mass is 346 g/mol. The maximum atomic E-state index is 12.8. The van der Waals surface area contributed by atoms with Crippen LogP contribution in [0.3, 0.4) is 0 Å². The van der Waals surface area contributed by atoms with Crippen molar-refractivity contribution in [3.63, 3.8) is 0 Å². The van der Waals surface area contributed by atoms with Gasteiger partial charge in [0, 0.05) is 0 Å². The van der Waals surface area contributed by atoms with Crippen molar-refractivity contribution in [3.05, 3.63) is 35.9 Å². The van der Waals surface area contributed by atoms with Crippen molar-refractivity contribution < 1.29 is 19.4 Å². The fourth-order valence-corrected chi connectivity index (χ4v) is 3.81. The summed E-state index contributed by atoms with van der Waals surface area (Å²) < 4.78 is 5.50. The highest BCUT2D eigenvalue weighted by Crippen LogP contribution is 2.38. The molecule has 0 aromatic heterocycles. The first kappa shape index (κ1) is 17.9. The van der Waals surface area contributed by atoms with Crippen LogP contribution in [0.15, 0.2) is 30.3 Å². The molecule has 0 unspecified atom stereocenters. The van der Waals surface area contributed by atoms with Gasteiger partial charge in [0.15, 0.2) is 0 Å². The van der Waals surface area contributed by atoms with Crippen molar-refractivity contribution in [1.29, 1.82) is 0 Å². The zero-order valence-electron chi connectivity index (χ0n) is 14.6. The lowest BCUT2D eigenvalue weighted by Crippen LogP contribution is -2.54. The van der Waals surface area contributed by atoms with E-state index in [0.717, 1.165) is 29.7 Å². The zero-order chi connectivity index (χ0) is 17.9. The molecular formula is C19H26N2O4. The van der Waals surface area contributed by atoms with Gasteiger partial charge in [-0.2, -0.15) is 0 Å². The molecule has 0 radical (unpaired) electrons. The van der Waals surface area contributed by atoms with Crippen molar-refractivity contribution in [2.24, 2.45) is 5.92 Å². The van der Waals surface area contributed by atoms with Crippen LogP contribution < -0.4 is 5.32 Å². The summed E-state index contributed by atoms with van der Waals surface area (Å²) in [5, 5.41) is 13.1. The topological polar surface area (TPSA) is 78.9 Å². The van der Waals surface area contributed by atoms with E-state index >= 15 is 0 Å². The first-order chi connectivity index (χ1) is 12.0. The second kappa shape index (κ2) is 7.54. The quantitative estimate of drug-likeness (QED) is 0.773. The van der Waals surface area contributed by atoms with E-state index in [0.29, 0.717) is 13.0 Å². The number of urea groups is 1. The van der Waals surface area contributed by atoms with Gasteiger partial charge in [-0.05, 0) is 24.3 Å². The minimum Gasteiger partial charge on any atom is -0.389 e. The van der Waals surface area contributed by atoms with Crippen molar-refractivity contribution in [3.8, 4) is 0 Å². The number of amides is 3. The Hall–Kier alpha value is -1.92. The Morgan fingerprint density at radius 2 is 2.08 bits per heavy atom. The van der Waals surface area contributed by atoms with Crippen LogP contribution in [0, 0.1) is 5.92 Å². The Bertz CT molecular complexity index is 621. The fraction of sp³-hybridized carbons (Fsp3) is 0.579. The molecule has 1 saturated carbocycles. The molecule has 136 valence electrons. The van der Waals surface area contributed by atoms with E-state index in [1.807, 2.05) is 37.3 Å². The number of hydrogen-bond acceptors (Lipinski definition) is 4. The third-order valence-electron chi connectivity index (χ3n) is 5.32. The number of nitrogens with one attached hydrogen (secondary N) is 1. The van der Waals surface area contributed by atoms with Crippen molar-refractivity contribution >= 4 is 11.9 Å². The van der Waals surface area contributed by atoms with Gasteiger partial charge in [-0.1, -0.05) is 50.1 Å². The van der Waals surface area contributed by atoms with E-state index < -0.39 is 17.7 Å². The molecule has 1 aliphatic carbocycles. The van der Waals surface area contributed by atoms with Gasteiger partial charge in [0.25, 0.3) is 5.91 Å². The second-order valence-corrected chi connectivity index (χ2v) is 7.12. The normalized spacial score (nSPS) is 27.6. The Labute approximate surface area is 148 Å². The smallest absolute Gasteiger partial charge is 0.325 e. The number of benzene rings is 1. The number of ether oxygens (including phenoxy) is 1. The molecule has 2 aliphatic rings. The lowest BCUT2D eigenvalue weighted by molar-refractivity contribution is -0.135. The highest BCUT2D eigenvalue weighted by atomic mass is 16.5. The first-order valence-corrected chi connectivity index (χ1v) is 8.97. The Kier molecular flexibility index (Phi) is 5.39.